The molecule has 0 aliphatic heterocycles. The van der Waals surface area contributed by atoms with Crippen molar-refractivity contribution >= 4 is 0 Å². The van der Waals surface area contributed by atoms with Crippen LogP contribution in [0.25, 0.3) is 0 Å². The Labute approximate surface area is 89.6 Å². The van der Waals surface area contributed by atoms with Gasteiger partial charge in [-0.2, -0.15) is 0 Å². The van der Waals surface area contributed by atoms with E-state index in [2.05, 4.69) is 0 Å². The molecule has 0 aromatic heterocycles. The molecule has 0 unspecified atom stereocenters. The number of hydrogen-bond acceptors (Lipinski definition) is 3. The molecule has 1 aliphatic rings. The van der Waals surface area contributed by atoms with E-state index in [9.17, 15) is 0 Å². The summed E-state index contributed by atoms with van der Waals surface area (Å²) >= 11 is 0. The van der Waals surface area contributed by atoms with Gasteiger partial charge >= 0.3 is 0 Å². The molecule has 0 heterocycles. The van der Waals surface area contributed by atoms with E-state index in [0.29, 0.717) is 5.75 Å². The summed E-state index contributed by atoms with van der Waals surface area (Å²) in [5.41, 5.74) is 0.839. The minimum absolute atomic E-state index is 0.0270. The van der Waals surface area contributed by atoms with Crippen LogP contribution < -0.4 is 9.47 Å². The van der Waals surface area contributed by atoms with Crippen molar-refractivity contribution in [2.45, 2.75) is 19.4 Å². The van der Waals surface area contributed by atoms with Gasteiger partial charge in [-0.05, 0) is 36.5 Å². The normalized spacial score (nSPS) is 15.1. The highest BCUT2D eigenvalue weighted by atomic mass is 16.5. The molecule has 0 amide bonds. The van der Waals surface area contributed by atoms with Crippen molar-refractivity contribution < 1.29 is 14.6 Å². The maximum absolute atomic E-state index is 8.98. The van der Waals surface area contributed by atoms with Gasteiger partial charge in [-0.1, -0.05) is 6.07 Å². The predicted molar refractivity (Wildman–Crippen MR) is 57.1 cm³/mol. The highest BCUT2D eigenvalue weighted by molar-refractivity contribution is 5.42. The van der Waals surface area contributed by atoms with Crippen LogP contribution in [0, 0.1) is 5.92 Å². The Morgan fingerprint density at radius 1 is 1.33 bits per heavy atom. The van der Waals surface area contributed by atoms with Gasteiger partial charge in [0.2, 0.25) is 0 Å². The second-order valence-electron chi connectivity index (χ2n) is 3.90. The van der Waals surface area contributed by atoms with Crippen LogP contribution in [-0.2, 0) is 6.61 Å². The van der Waals surface area contributed by atoms with Gasteiger partial charge < -0.3 is 14.6 Å². The molecule has 3 heteroatoms. The van der Waals surface area contributed by atoms with Crippen molar-refractivity contribution in [2.75, 3.05) is 13.7 Å². The smallest absolute Gasteiger partial charge is 0.161 e. The van der Waals surface area contributed by atoms with Crippen LogP contribution in [0.1, 0.15) is 18.4 Å². The summed E-state index contributed by atoms with van der Waals surface area (Å²) in [4.78, 5) is 0. The Kier molecular flexibility index (Phi) is 3.11. The van der Waals surface area contributed by atoms with Gasteiger partial charge in [-0.15, -0.1) is 0 Å². The first-order valence-corrected chi connectivity index (χ1v) is 5.24. The lowest BCUT2D eigenvalue weighted by Gasteiger charge is -2.11. The van der Waals surface area contributed by atoms with Crippen molar-refractivity contribution in [3.05, 3.63) is 23.8 Å². The predicted octanol–water partition coefficient (Wildman–Crippen LogP) is 1.98. The van der Waals surface area contributed by atoms with E-state index < -0.39 is 0 Å². The summed E-state index contributed by atoms with van der Waals surface area (Å²) in [6.07, 6.45) is 2.55. The molecule has 3 nitrogen and oxygen atoms in total. The molecule has 1 aromatic rings. The maximum Gasteiger partial charge on any atom is 0.161 e. The fourth-order valence-corrected chi connectivity index (χ4v) is 1.42. The molecule has 0 radical (unpaired) electrons. The van der Waals surface area contributed by atoms with Crippen LogP contribution >= 0.6 is 0 Å². The molecule has 15 heavy (non-hydrogen) atoms. The van der Waals surface area contributed by atoms with E-state index in [0.717, 1.165) is 23.8 Å². The molecule has 2 rings (SSSR count). The van der Waals surface area contributed by atoms with Gasteiger partial charge in [-0.25, -0.2) is 0 Å². The van der Waals surface area contributed by atoms with Gasteiger partial charge in [-0.3, -0.25) is 0 Å². The van der Waals surface area contributed by atoms with Crippen LogP contribution in [0.4, 0.5) is 0 Å². The SMILES string of the molecule is COc1cc(CO)ccc1OCC1CC1. The zero-order valence-electron chi connectivity index (χ0n) is 8.90. The molecular weight excluding hydrogens is 192 g/mol. The van der Waals surface area contributed by atoms with Crippen molar-refractivity contribution in [3.8, 4) is 11.5 Å². The molecule has 0 atom stereocenters. The van der Waals surface area contributed by atoms with E-state index in [1.807, 2.05) is 18.2 Å². The molecule has 82 valence electrons. The highest BCUT2D eigenvalue weighted by Crippen LogP contribution is 2.33. The standard InChI is InChI=1S/C12H16O3/c1-14-12-6-10(7-13)4-5-11(12)15-8-9-2-3-9/h4-6,9,13H,2-3,7-8H2,1H3. The first-order chi connectivity index (χ1) is 7.33. The lowest BCUT2D eigenvalue weighted by molar-refractivity contribution is 0.272. The van der Waals surface area contributed by atoms with E-state index in [4.69, 9.17) is 14.6 Å². The summed E-state index contributed by atoms with van der Waals surface area (Å²) in [5, 5.41) is 8.98. The van der Waals surface area contributed by atoms with Crippen LogP contribution in [0.5, 0.6) is 11.5 Å². The molecule has 0 saturated heterocycles. The number of benzene rings is 1. The summed E-state index contributed by atoms with van der Waals surface area (Å²) in [7, 11) is 1.61. The number of hydrogen-bond donors (Lipinski definition) is 1. The third-order valence-corrected chi connectivity index (χ3v) is 2.58. The molecular formula is C12H16O3. The van der Waals surface area contributed by atoms with Gasteiger partial charge in [0.05, 0.1) is 20.3 Å². The monoisotopic (exact) mass is 208 g/mol. The Hall–Kier alpha value is -1.22. The Balaban J connectivity index is 2.06. The van der Waals surface area contributed by atoms with Gasteiger partial charge in [0.1, 0.15) is 0 Å². The number of rotatable bonds is 5. The van der Waals surface area contributed by atoms with Crippen LogP contribution in [0.3, 0.4) is 0 Å². The van der Waals surface area contributed by atoms with Gasteiger partial charge in [0.25, 0.3) is 0 Å². The van der Waals surface area contributed by atoms with Crippen molar-refractivity contribution in [2.24, 2.45) is 5.92 Å². The molecule has 1 aliphatic carbocycles. The summed E-state index contributed by atoms with van der Waals surface area (Å²) in [6, 6.07) is 5.51. The topological polar surface area (TPSA) is 38.7 Å². The molecule has 1 saturated carbocycles. The second-order valence-corrected chi connectivity index (χ2v) is 3.90. The van der Waals surface area contributed by atoms with Gasteiger partial charge in [0.15, 0.2) is 11.5 Å². The molecule has 0 spiro atoms. The van der Waals surface area contributed by atoms with Crippen molar-refractivity contribution in [1.29, 1.82) is 0 Å². The quantitative estimate of drug-likeness (QED) is 0.804. The fourth-order valence-electron chi connectivity index (χ4n) is 1.42. The Morgan fingerprint density at radius 3 is 2.73 bits per heavy atom. The lowest BCUT2D eigenvalue weighted by atomic mass is 10.2. The zero-order chi connectivity index (χ0) is 10.7. The fraction of sp³-hybridized carbons (Fsp3) is 0.500. The number of aliphatic hydroxyl groups is 1. The van der Waals surface area contributed by atoms with E-state index in [1.165, 1.54) is 12.8 Å². The summed E-state index contributed by atoms with van der Waals surface area (Å²) in [5.74, 6) is 2.19. The zero-order valence-corrected chi connectivity index (χ0v) is 8.90. The van der Waals surface area contributed by atoms with Crippen LogP contribution in [0.2, 0.25) is 0 Å². The molecule has 1 N–H and O–H groups in total. The molecule has 1 aromatic carbocycles. The third-order valence-electron chi connectivity index (χ3n) is 2.58. The first kappa shape index (κ1) is 10.3. The average molecular weight is 208 g/mol. The third kappa shape index (κ3) is 2.63. The largest absolute Gasteiger partial charge is 0.493 e. The number of ether oxygens (including phenoxy) is 2. The molecule has 0 bridgehead atoms. The van der Waals surface area contributed by atoms with E-state index in [1.54, 1.807) is 7.11 Å². The minimum Gasteiger partial charge on any atom is -0.493 e. The summed E-state index contributed by atoms with van der Waals surface area (Å²) < 4.78 is 10.8. The maximum atomic E-state index is 8.98. The van der Waals surface area contributed by atoms with Crippen LogP contribution in [0.15, 0.2) is 18.2 Å². The summed E-state index contributed by atoms with van der Waals surface area (Å²) in [6.45, 7) is 0.800. The van der Waals surface area contributed by atoms with Crippen LogP contribution in [-0.4, -0.2) is 18.8 Å². The lowest BCUT2D eigenvalue weighted by Crippen LogP contribution is -2.01. The van der Waals surface area contributed by atoms with Crippen molar-refractivity contribution in [1.82, 2.24) is 0 Å². The Bertz CT molecular complexity index is 332. The van der Waals surface area contributed by atoms with E-state index in [-0.39, 0.29) is 6.61 Å². The average Bonchev–Trinajstić information content (AvgIpc) is 3.10. The van der Waals surface area contributed by atoms with E-state index >= 15 is 0 Å². The Morgan fingerprint density at radius 2 is 2.13 bits per heavy atom. The van der Waals surface area contributed by atoms with Crippen molar-refractivity contribution in [3.63, 3.8) is 0 Å². The number of aliphatic hydroxyl groups excluding tert-OH is 1. The number of methoxy groups -OCH3 is 1. The molecule has 1 fully saturated rings. The minimum atomic E-state index is 0.0270. The highest BCUT2D eigenvalue weighted by Gasteiger charge is 2.22. The first-order valence-electron chi connectivity index (χ1n) is 5.24. The van der Waals surface area contributed by atoms with Gasteiger partial charge in [0, 0.05) is 0 Å². The second kappa shape index (κ2) is 4.53.